The normalized spacial score (nSPS) is 10.3. The summed E-state index contributed by atoms with van der Waals surface area (Å²) in [6, 6.07) is 12.3. The molecule has 0 heterocycles. The minimum absolute atomic E-state index is 0.242. The van der Waals surface area contributed by atoms with Gasteiger partial charge in [0.25, 0.3) is 0 Å². The molecule has 0 radical (unpaired) electrons. The number of halogens is 2. The molecule has 0 saturated carbocycles. The number of anilines is 1. The van der Waals surface area contributed by atoms with Gasteiger partial charge in [0.2, 0.25) is 0 Å². The van der Waals surface area contributed by atoms with Gasteiger partial charge in [-0.05, 0) is 42.8 Å². The molecule has 2 rings (SSSR count). The molecular weight excluding hydrogens is 309 g/mol. The molecule has 0 atom stereocenters. The second-order valence-corrected chi connectivity index (χ2v) is 5.11. The molecule has 0 spiro atoms. The predicted octanol–water partition coefficient (Wildman–Crippen LogP) is 4.39. The van der Waals surface area contributed by atoms with E-state index in [4.69, 9.17) is 4.74 Å². The van der Waals surface area contributed by atoms with Crippen LogP contribution < -0.4 is 10.1 Å². The van der Waals surface area contributed by atoms with Crippen LogP contribution in [-0.4, -0.2) is 13.2 Å². The van der Waals surface area contributed by atoms with Crippen molar-refractivity contribution < 1.29 is 9.13 Å². The molecule has 19 heavy (non-hydrogen) atoms. The van der Waals surface area contributed by atoms with Crippen molar-refractivity contribution in [1.82, 2.24) is 0 Å². The van der Waals surface area contributed by atoms with Gasteiger partial charge in [-0.2, -0.15) is 0 Å². The predicted molar refractivity (Wildman–Crippen MR) is 79.3 cm³/mol. The summed E-state index contributed by atoms with van der Waals surface area (Å²) in [6.45, 7) is 3.14. The lowest BCUT2D eigenvalue weighted by atomic mass is 10.2. The van der Waals surface area contributed by atoms with Crippen LogP contribution in [0, 0.1) is 12.7 Å². The molecular formula is C15H15BrFNO. The van der Waals surface area contributed by atoms with E-state index in [2.05, 4.69) is 21.2 Å². The molecule has 1 N–H and O–H groups in total. The fourth-order valence-corrected chi connectivity index (χ4v) is 2.02. The van der Waals surface area contributed by atoms with E-state index >= 15 is 0 Å². The summed E-state index contributed by atoms with van der Waals surface area (Å²) in [5, 5.41) is 3.11. The summed E-state index contributed by atoms with van der Waals surface area (Å²) >= 11 is 3.41. The monoisotopic (exact) mass is 323 g/mol. The van der Waals surface area contributed by atoms with Crippen LogP contribution in [0.2, 0.25) is 0 Å². The maximum absolute atomic E-state index is 13.0. The van der Waals surface area contributed by atoms with E-state index in [1.54, 1.807) is 6.07 Å². The van der Waals surface area contributed by atoms with Crippen LogP contribution in [0.4, 0.5) is 10.1 Å². The molecule has 2 nitrogen and oxygen atoms in total. The van der Waals surface area contributed by atoms with E-state index in [9.17, 15) is 4.39 Å². The van der Waals surface area contributed by atoms with Gasteiger partial charge in [-0.1, -0.05) is 28.1 Å². The van der Waals surface area contributed by atoms with Gasteiger partial charge in [-0.25, -0.2) is 4.39 Å². The van der Waals surface area contributed by atoms with Gasteiger partial charge in [0, 0.05) is 16.7 Å². The van der Waals surface area contributed by atoms with Crippen LogP contribution in [-0.2, 0) is 0 Å². The first kappa shape index (κ1) is 13.9. The Bertz CT molecular complexity index is 560. The van der Waals surface area contributed by atoms with E-state index in [-0.39, 0.29) is 5.82 Å². The number of rotatable bonds is 5. The number of hydrogen-bond donors (Lipinski definition) is 1. The van der Waals surface area contributed by atoms with E-state index in [1.165, 1.54) is 12.1 Å². The van der Waals surface area contributed by atoms with Gasteiger partial charge in [-0.3, -0.25) is 0 Å². The Kier molecular flexibility index (Phi) is 4.80. The van der Waals surface area contributed by atoms with Gasteiger partial charge >= 0.3 is 0 Å². The van der Waals surface area contributed by atoms with Crippen LogP contribution in [0.3, 0.4) is 0 Å². The Morgan fingerprint density at radius 2 is 2.05 bits per heavy atom. The maximum atomic E-state index is 13.0. The lowest BCUT2D eigenvalue weighted by Crippen LogP contribution is -2.12. The Morgan fingerprint density at radius 3 is 2.84 bits per heavy atom. The van der Waals surface area contributed by atoms with E-state index in [0.717, 1.165) is 21.5 Å². The number of hydrogen-bond acceptors (Lipinski definition) is 2. The van der Waals surface area contributed by atoms with Crippen molar-refractivity contribution in [2.75, 3.05) is 18.5 Å². The lowest BCUT2D eigenvalue weighted by Gasteiger charge is -2.11. The van der Waals surface area contributed by atoms with Crippen molar-refractivity contribution in [2.45, 2.75) is 6.92 Å². The third-order valence-electron chi connectivity index (χ3n) is 2.66. The zero-order chi connectivity index (χ0) is 13.7. The smallest absolute Gasteiger partial charge is 0.125 e. The summed E-state index contributed by atoms with van der Waals surface area (Å²) < 4.78 is 19.6. The summed E-state index contributed by atoms with van der Waals surface area (Å²) in [5.74, 6) is 0.615. The van der Waals surface area contributed by atoms with Crippen LogP contribution in [0.15, 0.2) is 46.9 Å². The first-order valence-corrected chi connectivity index (χ1v) is 6.83. The summed E-state index contributed by atoms with van der Waals surface area (Å²) in [6.07, 6.45) is 0. The Labute approximate surface area is 120 Å². The first-order valence-electron chi connectivity index (χ1n) is 6.03. The van der Waals surface area contributed by atoms with Gasteiger partial charge in [-0.15, -0.1) is 0 Å². The highest BCUT2D eigenvalue weighted by Gasteiger charge is 2.00. The molecule has 0 aliphatic heterocycles. The molecule has 0 fully saturated rings. The highest BCUT2D eigenvalue weighted by atomic mass is 79.9. The molecule has 100 valence electrons. The molecule has 2 aromatic carbocycles. The van der Waals surface area contributed by atoms with Crippen molar-refractivity contribution in [2.24, 2.45) is 0 Å². The summed E-state index contributed by atoms with van der Waals surface area (Å²) in [4.78, 5) is 0. The minimum Gasteiger partial charge on any atom is -0.491 e. The second kappa shape index (κ2) is 6.57. The largest absolute Gasteiger partial charge is 0.491 e. The fraction of sp³-hybridized carbons (Fsp3) is 0.200. The molecule has 0 aliphatic rings. The van der Waals surface area contributed by atoms with Crippen molar-refractivity contribution in [3.05, 3.63) is 58.3 Å². The molecule has 0 bridgehead atoms. The molecule has 0 unspecified atom stereocenters. The fourth-order valence-electron chi connectivity index (χ4n) is 1.68. The van der Waals surface area contributed by atoms with Gasteiger partial charge in [0.1, 0.15) is 18.2 Å². The zero-order valence-electron chi connectivity index (χ0n) is 10.6. The maximum Gasteiger partial charge on any atom is 0.125 e. The topological polar surface area (TPSA) is 21.3 Å². The number of nitrogens with one attached hydrogen (secondary N) is 1. The average Bonchev–Trinajstić information content (AvgIpc) is 2.39. The molecule has 2 aromatic rings. The van der Waals surface area contributed by atoms with Gasteiger partial charge in [0.05, 0.1) is 0 Å². The highest BCUT2D eigenvalue weighted by molar-refractivity contribution is 9.10. The Balaban J connectivity index is 1.82. The van der Waals surface area contributed by atoms with Crippen LogP contribution in [0.25, 0.3) is 0 Å². The Hall–Kier alpha value is -1.55. The van der Waals surface area contributed by atoms with Crippen LogP contribution in [0.5, 0.6) is 5.75 Å². The third-order valence-corrected chi connectivity index (χ3v) is 3.16. The second-order valence-electron chi connectivity index (χ2n) is 4.20. The quantitative estimate of drug-likeness (QED) is 0.824. The first-order chi connectivity index (χ1) is 9.15. The Morgan fingerprint density at radius 1 is 1.21 bits per heavy atom. The third kappa shape index (κ3) is 4.24. The number of aryl methyl sites for hydroxylation is 1. The highest BCUT2D eigenvalue weighted by Crippen LogP contribution is 2.22. The average molecular weight is 324 g/mol. The molecule has 0 amide bonds. The minimum atomic E-state index is -0.242. The van der Waals surface area contributed by atoms with Crippen LogP contribution >= 0.6 is 15.9 Å². The standard InChI is InChI=1S/C15H15BrFNO/c1-11-5-6-12(16)9-15(11)19-8-7-18-14-4-2-3-13(17)10-14/h2-6,9-10,18H,7-8H2,1H3. The van der Waals surface area contributed by atoms with Gasteiger partial charge in [0.15, 0.2) is 0 Å². The van der Waals surface area contributed by atoms with E-state index < -0.39 is 0 Å². The number of benzene rings is 2. The van der Waals surface area contributed by atoms with Crippen LogP contribution in [0.1, 0.15) is 5.56 Å². The van der Waals surface area contributed by atoms with E-state index in [1.807, 2.05) is 31.2 Å². The summed E-state index contributed by atoms with van der Waals surface area (Å²) in [5.41, 5.74) is 1.85. The van der Waals surface area contributed by atoms with E-state index in [0.29, 0.717) is 13.2 Å². The van der Waals surface area contributed by atoms with Crippen molar-refractivity contribution in [1.29, 1.82) is 0 Å². The SMILES string of the molecule is Cc1ccc(Br)cc1OCCNc1cccc(F)c1. The molecule has 0 aromatic heterocycles. The number of ether oxygens (including phenoxy) is 1. The lowest BCUT2D eigenvalue weighted by molar-refractivity contribution is 0.330. The summed E-state index contributed by atoms with van der Waals surface area (Å²) in [7, 11) is 0. The van der Waals surface area contributed by atoms with Crippen molar-refractivity contribution in [3.63, 3.8) is 0 Å². The molecule has 0 saturated heterocycles. The molecule has 0 aliphatic carbocycles. The van der Waals surface area contributed by atoms with Gasteiger partial charge < -0.3 is 10.1 Å². The molecule has 4 heteroatoms. The van der Waals surface area contributed by atoms with Crippen molar-refractivity contribution >= 4 is 21.6 Å². The zero-order valence-corrected chi connectivity index (χ0v) is 12.2. The van der Waals surface area contributed by atoms with Crippen molar-refractivity contribution in [3.8, 4) is 5.75 Å².